The van der Waals surface area contributed by atoms with Crippen molar-refractivity contribution in [3.8, 4) is 11.5 Å². The van der Waals surface area contributed by atoms with Crippen LogP contribution in [0, 0.1) is 0 Å². The van der Waals surface area contributed by atoms with Gasteiger partial charge in [0.25, 0.3) is 0 Å². The Balaban J connectivity index is 1.20. The van der Waals surface area contributed by atoms with E-state index in [0.717, 1.165) is 0 Å². The Kier molecular flexibility index (Phi) is 5.29. The molecule has 0 aromatic heterocycles. The molecule has 1 amide bonds. The summed E-state index contributed by atoms with van der Waals surface area (Å²) >= 11 is 0. The minimum atomic E-state index is -3.09. The summed E-state index contributed by atoms with van der Waals surface area (Å²) in [5, 5.41) is 33.2. The Hall–Kier alpha value is -2.38. The van der Waals surface area contributed by atoms with Gasteiger partial charge in [-0.15, -0.1) is 0 Å². The van der Waals surface area contributed by atoms with Gasteiger partial charge >= 0.3 is 12.7 Å². The highest BCUT2D eigenvalue weighted by molar-refractivity contribution is 6.62. The van der Waals surface area contributed by atoms with Crippen LogP contribution in [0.2, 0.25) is 5.82 Å². The van der Waals surface area contributed by atoms with E-state index in [1.54, 1.807) is 17.0 Å². The minimum absolute atomic E-state index is 0.0382. The van der Waals surface area contributed by atoms with Crippen molar-refractivity contribution in [2.24, 2.45) is 5.73 Å². The first-order chi connectivity index (χ1) is 15.3. The summed E-state index contributed by atoms with van der Waals surface area (Å²) < 4.78 is 16.9. The van der Waals surface area contributed by atoms with Gasteiger partial charge in [0.05, 0.1) is 38.0 Å². The lowest BCUT2D eigenvalue weighted by Crippen LogP contribution is -2.58. The molecule has 12 heteroatoms. The van der Waals surface area contributed by atoms with Gasteiger partial charge in [-0.3, -0.25) is 4.79 Å². The first-order valence-electron chi connectivity index (χ1n) is 10.9. The number of carboxylic acids is 1. The molecule has 4 aliphatic rings. The monoisotopic (exact) mass is 448 g/mol. The Morgan fingerprint density at radius 3 is 2.75 bits per heavy atom. The Bertz CT molecular complexity index is 930. The molecule has 4 atom stereocenters. The third kappa shape index (κ3) is 3.82. The molecule has 3 aliphatic heterocycles. The molecule has 1 aromatic rings. The number of aromatic carboxylic acids is 1. The first kappa shape index (κ1) is 21.5. The third-order valence-corrected chi connectivity index (χ3v) is 6.80. The Morgan fingerprint density at radius 2 is 2.09 bits per heavy atom. The number of fused-ring (bicyclic) bond motifs is 3. The van der Waals surface area contributed by atoms with Crippen molar-refractivity contribution >= 4 is 18.6 Å². The summed E-state index contributed by atoms with van der Waals surface area (Å²) in [7, 11) is 0. The number of hydrogen-bond donors (Lipinski definition) is 5. The molecule has 2 saturated heterocycles. The van der Waals surface area contributed by atoms with Gasteiger partial charge in [-0.2, -0.15) is 0 Å². The number of morpholine rings is 1. The van der Waals surface area contributed by atoms with Gasteiger partial charge in [0.2, 0.25) is 5.91 Å². The topological polar surface area (TPSA) is 164 Å². The molecule has 32 heavy (non-hydrogen) atoms. The molecule has 3 fully saturated rings. The highest BCUT2D eigenvalue weighted by Crippen LogP contribution is 2.63. The quantitative estimate of drug-likeness (QED) is 0.336. The summed E-state index contributed by atoms with van der Waals surface area (Å²) in [4.78, 5) is 26.1. The highest BCUT2D eigenvalue weighted by atomic mass is 16.6. The number of benzene rings is 1. The van der Waals surface area contributed by atoms with E-state index in [2.05, 4.69) is 5.32 Å². The average molecular weight is 448 g/mol. The summed E-state index contributed by atoms with van der Waals surface area (Å²) in [6.45, 7) is -0.898. The Morgan fingerprint density at radius 1 is 1.31 bits per heavy atom. The molecule has 1 aliphatic carbocycles. The molecule has 11 nitrogen and oxygen atoms in total. The van der Waals surface area contributed by atoms with Crippen LogP contribution in [-0.4, -0.2) is 89.7 Å². The van der Waals surface area contributed by atoms with Crippen LogP contribution >= 0.6 is 0 Å². The number of nitrogens with zero attached hydrogens (tertiary/aromatic N) is 1. The average Bonchev–Trinajstić information content (AvgIpc) is 3.52. The maximum Gasteiger partial charge on any atom is 0.434 e. The second-order valence-corrected chi connectivity index (χ2v) is 9.09. The zero-order valence-electron chi connectivity index (χ0n) is 17.5. The van der Waals surface area contributed by atoms with E-state index in [0.29, 0.717) is 44.8 Å². The van der Waals surface area contributed by atoms with Gasteiger partial charge in [0.15, 0.2) is 0 Å². The van der Waals surface area contributed by atoms with Crippen LogP contribution in [0.3, 0.4) is 0 Å². The number of carbonyl (C=O) groups is 2. The lowest BCUT2D eigenvalue weighted by atomic mass is 9.68. The number of nitrogens with two attached hydrogens (primary N) is 1. The lowest BCUT2D eigenvalue weighted by molar-refractivity contribution is -0.143. The van der Waals surface area contributed by atoms with Crippen molar-refractivity contribution in [2.75, 3.05) is 32.8 Å². The number of carbonyl (C=O) groups excluding carboxylic acids is 1. The van der Waals surface area contributed by atoms with Crippen LogP contribution < -0.4 is 20.4 Å². The molecule has 1 saturated carbocycles. The van der Waals surface area contributed by atoms with Crippen LogP contribution in [0.25, 0.3) is 0 Å². The fourth-order valence-corrected chi connectivity index (χ4v) is 4.78. The number of likely N-dealkylation sites (tertiary alicyclic amines) is 1. The number of nitrogens with one attached hydrogen (secondary N) is 1. The molecule has 0 spiro atoms. The zero-order chi connectivity index (χ0) is 22.6. The lowest BCUT2D eigenvalue weighted by Gasteiger charge is -2.41. The van der Waals surface area contributed by atoms with Crippen molar-refractivity contribution in [1.82, 2.24) is 10.2 Å². The fraction of sp³-hybridized carbons (Fsp3) is 0.600. The fourth-order valence-electron chi connectivity index (χ4n) is 4.78. The molecule has 6 N–H and O–H groups in total. The SMILES string of the molecule is NCC1COC(CC(=O)N2CC(Oc3ccc4c(c3C(=O)O)O[B-](O)(O)[C@@H]3CC43)C2)CN1. The van der Waals surface area contributed by atoms with Crippen molar-refractivity contribution < 1.29 is 38.9 Å². The largest absolute Gasteiger partial charge is 0.669 e. The highest BCUT2D eigenvalue weighted by Gasteiger charge is 2.55. The summed E-state index contributed by atoms with van der Waals surface area (Å²) in [6, 6.07) is 3.41. The second kappa shape index (κ2) is 7.89. The van der Waals surface area contributed by atoms with Crippen molar-refractivity contribution in [2.45, 2.75) is 42.8 Å². The van der Waals surface area contributed by atoms with Gasteiger partial charge in [-0.05, 0) is 17.5 Å². The van der Waals surface area contributed by atoms with E-state index >= 15 is 0 Å². The number of rotatable bonds is 6. The van der Waals surface area contributed by atoms with Crippen LogP contribution in [-0.2, 0) is 9.53 Å². The molecule has 0 bridgehead atoms. The normalized spacial score (nSPS) is 30.4. The van der Waals surface area contributed by atoms with Crippen LogP contribution in [0.1, 0.15) is 34.7 Å². The second-order valence-electron chi connectivity index (χ2n) is 9.09. The first-order valence-corrected chi connectivity index (χ1v) is 10.9. The van der Waals surface area contributed by atoms with Crippen LogP contribution in [0.5, 0.6) is 11.5 Å². The van der Waals surface area contributed by atoms with Gasteiger partial charge in [0, 0.05) is 19.1 Å². The smallest absolute Gasteiger partial charge is 0.434 e. The van der Waals surface area contributed by atoms with E-state index < -0.39 is 18.5 Å². The van der Waals surface area contributed by atoms with Crippen molar-refractivity contribution in [3.63, 3.8) is 0 Å². The number of ether oxygens (including phenoxy) is 2. The number of carboxylic acid groups (broad SMARTS) is 1. The van der Waals surface area contributed by atoms with E-state index in [9.17, 15) is 24.7 Å². The van der Waals surface area contributed by atoms with E-state index in [1.807, 2.05) is 0 Å². The molecule has 1 aromatic carbocycles. The van der Waals surface area contributed by atoms with Crippen LogP contribution in [0.15, 0.2) is 12.1 Å². The van der Waals surface area contributed by atoms with E-state index in [4.69, 9.17) is 19.9 Å². The summed E-state index contributed by atoms with van der Waals surface area (Å²) in [6.07, 6.45) is 0.237. The molecule has 5 rings (SSSR count). The third-order valence-electron chi connectivity index (χ3n) is 6.80. The molecule has 3 unspecified atom stereocenters. The van der Waals surface area contributed by atoms with Crippen LogP contribution in [0.4, 0.5) is 0 Å². The van der Waals surface area contributed by atoms with Crippen molar-refractivity contribution in [3.05, 3.63) is 23.3 Å². The zero-order valence-corrected chi connectivity index (χ0v) is 17.5. The predicted octanol–water partition coefficient (Wildman–Crippen LogP) is -1.15. The number of hydrogen-bond acceptors (Lipinski definition) is 9. The molecule has 3 heterocycles. The molecular formula is C20H27BN3O8-. The van der Waals surface area contributed by atoms with Crippen molar-refractivity contribution in [1.29, 1.82) is 0 Å². The maximum atomic E-state index is 12.5. The molecule has 174 valence electrons. The standard InChI is InChI=1S/C20H27BN3O8/c22-5-10-9-30-11(6-23-10)3-17(25)24-7-12(8-24)31-16-2-1-13-14-4-15(14)21(28,29)32-19(13)18(16)20(26)27/h1-2,10-12,14-15,23,28-29H,3-9,22H2,(H,26,27)/q-1/t10?,11?,14?,15-/m1/s1. The predicted molar refractivity (Wildman–Crippen MR) is 112 cm³/mol. The molecular weight excluding hydrogens is 421 g/mol. The van der Waals surface area contributed by atoms with Gasteiger partial charge in [0.1, 0.15) is 17.4 Å². The van der Waals surface area contributed by atoms with E-state index in [-0.39, 0.29) is 53.6 Å². The summed E-state index contributed by atoms with van der Waals surface area (Å²) in [5.74, 6) is -1.79. The van der Waals surface area contributed by atoms with Gasteiger partial charge < -0.3 is 45.2 Å². The maximum absolute atomic E-state index is 12.5. The number of amides is 1. The summed E-state index contributed by atoms with van der Waals surface area (Å²) in [5.41, 5.74) is 6.03. The molecule has 0 radical (unpaired) electrons. The Labute approximate surface area is 184 Å². The van der Waals surface area contributed by atoms with Gasteiger partial charge in [-0.1, -0.05) is 18.3 Å². The van der Waals surface area contributed by atoms with Gasteiger partial charge in [-0.25, -0.2) is 4.79 Å². The van der Waals surface area contributed by atoms with E-state index in [1.165, 1.54) is 0 Å². The minimum Gasteiger partial charge on any atom is -0.669 e.